The van der Waals surface area contributed by atoms with Gasteiger partial charge in [0.15, 0.2) is 0 Å². The molecule has 0 spiro atoms. The number of rotatable bonds is 6. The van der Waals surface area contributed by atoms with Crippen molar-refractivity contribution in [1.29, 1.82) is 0 Å². The molecule has 6 heteroatoms. The van der Waals surface area contributed by atoms with Gasteiger partial charge in [-0.25, -0.2) is 0 Å². The Morgan fingerprint density at radius 2 is 1.39 bits per heavy atom. The van der Waals surface area contributed by atoms with Gasteiger partial charge in [-0.2, -0.15) is 0 Å². The molecule has 1 saturated heterocycles. The van der Waals surface area contributed by atoms with Crippen molar-refractivity contribution < 1.29 is 9.59 Å². The van der Waals surface area contributed by atoms with Gasteiger partial charge in [0.05, 0.1) is 16.8 Å². The third kappa shape index (κ3) is 5.57. The van der Waals surface area contributed by atoms with Crippen molar-refractivity contribution >= 4 is 35.0 Å². The molecule has 0 bridgehead atoms. The molecule has 1 heterocycles. The van der Waals surface area contributed by atoms with E-state index in [2.05, 4.69) is 36.2 Å². The van der Waals surface area contributed by atoms with E-state index >= 15 is 0 Å². The molecule has 33 heavy (non-hydrogen) atoms. The minimum atomic E-state index is -0.201. The molecule has 3 aromatic rings. The number of carbonyl (C=O) groups excluding carboxylic acids is 2. The van der Waals surface area contributed by atoms with Gasteiger partial charge in [-0.3, -0.25) is 9.59 Å². The minimum Gasteiger partial charge on any atom is -0.368 e. The summed E-state index contributed by atoms with van der Waals surface area (Å²) in [4.78, 5) is 31.6. The van der Waals surface area contributed by atoms with Crippen molar-refractivity contribution in [2.24, 2.45) is 0 Å². The molecule has 1 N–H and O–H groups in total. The Morgan fingerprint density at radius 3 is 2.09 bits per heavy atom. The van der Waals surface area contributed by atoms with Crippen LogP contribution in [0.5, 0.6) is 0 Å². The molecule has 170 valence electrons. The SMILES string of the molecule is CC(C)Sc1ccccc1C(=O)Nc1ccccc1C(=O)N1CCN(c2ccccc2)CC1. The zero-order chi connectivity index (χ0) is 23.2. The van der Waals surface area contributed by atoms with E-state index in [1.807, 2.05) is 59.5 Å². The van der Waals surface area contributed by atoms with Crippen LogP contribution in [0.4, 0.5) is 11.4 Å². The molecular weight excluding hydrogens is 430 g/mol. The Hall–Kier alpha value is -3.25. The maximum absolute atomic E-state index is 13.3. The summed E-state index contributed by atoms with van der Waals surface area (Å²) in [5.74, 6) is -0.253. The van der Waals surface area contributed by atoms with Crippen LogP contribution >= 0.6 is 11.8 Å². The fraction of sp³-hybridized carbons (Fsp3) is 0.259. The quantitative estimate of drug-likeness (QED) is 0.502. The van der Waals surface area contributed by atoms with Gasteiger partial charge >= 0.3 is 0 Å². The van der Waals surface area contributed by atoms with Crippen LogP contribution < -0.4 is 10.2 Å². The normalized spacial score (nSPS) is 13.8. The largest absolute Gasteiger partial charge is 0.368 e. The highest BCUT2D eigenvalue weighted by atomic mass is 32.2. The summed E-state index contributed by atoms with van der Waals surface area (Å²) in [5.41, 5.74) is 2.86. The third-order valence-corrected chi connectivity index (χ3v) is 6.67. The predicted octanol–water partition coefficient (Wildman–Crippen LogP) is 5.40. The third-order valence-electron chi connectivity index (χ3n) is 5.59. The number of nitrogens with zero attached hydrogens (tertiary/aromatic N) is 2. The molecule has 0 atom stereocenters. The highest BCUT2D eigenvalue weighted by Gasteiger charge is 2.24. The Balaban J connectivity index is 1.47. The molecule has 4 rings (SSSR count). The smallest absolute Gasteiger partial charge is 0.256 e. The average Bonchev–Trinajstić information content (AvgIpc) is 2.84. The minimum absolute atomic E-state index is 0.0524. The fourth-order valence-electron chi connectivity index (χ4n) is 3.96. The van der Waals surface area contributed by atoms with E-state index in [1.165, 1.54) is 5.69 Å². The second-order valence-corrected chi connectivity index (χ2v) is 9.90. The lowest BCUT2D eigenvalue weighted by Gasteiger charge is -2.36. The Morgan fingerprint density at radius 1 is 0.788 bits per heavy atom. The number of nitrogens with one attached hydrogen (secondary N) is 1. The number of hydrogen-bond donors (Lipinski definition) is 1. The van der Waals surface area contributed by atoms with Crippen LogP contribution in [0.2, 0.25) is 0 Å². The van der Waals surface area contributed by atoms with Gasteiger partial charge in [0.25, 0.3) is 11.8 Å². The van der Waals surface area contributed by atoms with Gasteiger partial charge in [0.1, 0.15) is 0 Å². The fourth-order valence-corrected chi connectivity index (χ4v) is 4.91. The second-order valence-electron chi connectivity index (χ2n) is 8.28. The van der Waals surface area contributed by atoms with Crippen molar-refractivity contribution in [1.82, 2.24) is 4.90 Å². The van der Waals surface area contributed by atoms with E-state index in [1.54, 1.807) is 23.9 Å². The lowest BCUT2D eigenvalue weighted by molar-refractivity contribution is 0.0748. The van der Waals surface area contributed by atoms with E-state index in [-0.39, 0.29) is 11.8 Å². The summed E-state index contributed by atoms with van der Waals surface area (Å²) >= 11 is 1.65. The van der Waals surface area contributed by atoms with Crippen LogP contribution in [0.15, 0.2) is 83.8 Å². The zero-order valence-electron chi connectivity index (χ0n) is 19.0. The number of piperazine rings is 1. The van der Waals surface area contributed by atoms with Crippen LogP contribution in [-0.4, -0.2) is 48.1 Å². The molecule has 0 aliphatic carbocycles. The van der Waals surface area contributed by atoms with Crippen molar-refractivity contribution in [2.75, 3.05) is 36.4 Å². The zero-order valence-corrected chi connectivity index (χ0v) is 19.8. The summed E-state index contributed by atoms with van der Waals surface area (Å²) in [6, 6.07) is 25.1. The van der Waals surface area contributed by atoms with Crippen LogP contribution in [0.25, 0.3) is 0 Å². The molecule has 2 amide bonds. The van der Waals surface area contributed by atoms with Gasteiger partial charge < -0.3 is 15.1 Å². The summed E-state index contributed by atoms with van der Waals surface area (Å²) in [6.07, 6.45) is 0. The standard InChI is InChI=1S/C27H29N3O2S/c1-20(2)33-25-15-9-7-13-23(25)26(31)28-24-14-8-6-12-22(24)27(32)30-18-16-29(17-19-30)21-10-4-3-5-11-21/h3-15,20H,16-19H2,1-2H3,(H,28,31). The molecular formula is C27H29N3O2S. The van der Waals surface area contributed by atoms with Gasteiger partial charge in [0.2, 0.25) is 0 Å². The van der Waals surface area contributed by atoms with Crippen LogP contribution in [0.3, 0.4) is 0 Å². The number of para-hydroxylation sites is 2. The van der Waals surface area contributed by atoms with Crippen molar-refractivity contribution in [3.8, 4) is 0 Å². The van der Waals surface area contributed by atoms with E-state index in [0.717, 1.165) is 18.0 Å². The highest BCUT2D eigenvalue weighted by molar-refractivity contribution is 8.00. The molecule has 0 radical (unpaired) electrons. The van der Waals surface area contributed by atoms with Crippen molar-refractivity contribution in [3.63, 3.8) is 0 Å². The number of anilines is 2. The predicted molar refractivity (Wildman–Crippen MR) is 136 cm³/mol. The van der Waals surface area contributed by atoms with Crippen LogP contribution in [-0.2, 0) is 0 Å². The Kier molecular flexibility index (Phi) is 7.35. The molecule has 1 aliphatic heterocycles. The Labute approximate surface area is 199 Å². The average molecular weight is 460 g/mol. The number of thioether (sulfide) groups is 1. The maximum atomic E-state index is 13.3. The summed E-state index contributed by atoms with van der Waals surface area (Å²) in [6.45, 7) is 7.05. The lowest BCUT2D eigenvalue weighted by Crippen LogP contribution is -2.48. The summed E-state index contributed by atoms with van der Waals surface area (Å²) in [5, 5.41) is 3.35. The number of hydrogen-bond acceptors (Lipinski definition) is 4. The van der Waals surface area contributed by atoms with Crippen LogP contribution in [0.1, 0.15) is 34.6 Å². The summed E-state index contributed by atoms with van der Waals surface area (Å²) < 4.78 is 0. The van der Waals surface area contributed by atoms with E-state index in [0.29, 0.717) is 35.2 Å². The molecule has 0 saturated carbocycles. The number of carbonyl (C=O) groups is 2. The molecule has 0 unspecified atom stereocenters. The first-order valence-electron chi connectivity index (χ1n) is 11.3. The monoisotopic (exact) mass is 459 g/mol. The highest BCUT2D eigenvalue weighted by Crippen LogP contribution is 2.28. The topological polar surface area (TPSA) is 52.7 Å². The van der Waals surface area contributed by atoms with Gasteiger partial charge in [0, 0.05) is 42.0 Å². The second kappa shape index (κ2) is 10.6. The first-order chi connectivity index (χ1) is 16.0. The lowest BCUT2D eigenvalue weighted by atomic mass is 10.1. The van der Waals surface area contributed by atoms with Crippen LogP contribution in [0, 0.1) is 0 Å². The molecule has 1 fully saturated rings. The van der Waals surface area contributed by atoms with Gasteiger partial charge in [-0.1, -0.05) is 56.3 Å². The molecule has 5 nitrogen and oxygen atoms in total. The molecule has 1 aliphatic rings. The number of amides is 2. The molecule has 0 aromatic heterocycles. The first kappa shape index (κ1) is 22.9. The molecule has 3 aromatic carbocycles. The van der Waals surface area contributed by atoms with Gasteiger partial charge in [-0.05, 0) is 36.4 Å². The Bertz CT molecular complexity index is 1110. The van der Waals surface area contributed by atoms with E-state index in [9.17, 15) is 9.59 Å². The van der Waals surface area contributed by atoms with Crippen molar-refractivity contribution in [3.05, 3.63) is 90.0 Å². The van der Waals surface area contributed by atoms with E-state index < -0.39 is 0 Å². The number of benzene rings is 3. The van der Waals surface area contributed by atoms with Crippen molar-refractivity contribution in [2.45, 2.75) is 24.0 Å². The van der Waals surface area contributed by atoms with Gasteiger partial charge in [-0.15, -0.1) is 11.8 Å². The van der Waals surface area contributed by atoms with E-state index in [4.69, 9.17) is 0 Å². The maximum Gasteiger partial charge on any atom is 0.256 e. The summed E-state index contributed by atoms with van der Waals surface area (Å²) in [7, 11) is 0. The first-order valence-corrected chi connectivity index (χ1v) is 12.2.